The fourth-order valence-corrected chi connectivity index (χ4v) is 3.45. The molecule has 1 saturated heterocycles. The van der Waals surface area contributed by atoms with Gasteiger partial charge in [0.2, 0.25) is 0 Å². The van der Waals surface area contributed by atoms with Crippen LogP contribution in [0.3, 0.4) is 0 Å². The molecule has 1 unspecified atom stereocenters. The molecule has 2 heterocycles. The largest absolute Gasteiger partial charge is 0.356 e. The van der Waals surface area contributed by atoms with Gasteiger partial charge >= 0.3 is 0 Å². The average molecular weight is 436 g/mol. The van der Waals surface area contributed by atoms with Crippen LogP contribution in [0.15, 0.2) is 22.5 Å². The maximum absolute atomic E-state index is 4.29. The first-order chi connectivity index (χ1) is 10.3. The molecule has 2 rings (SSSR count). The molecule has 1 fully saturated rings. The molecule has 126 valence electrons. The summed E-state index contributed by atoms with van der Waals surface area (Å²) in [5.41, 5.74) is 0. The molecule has 2 N–H and O–H groups in total. The lowest BCUT2D eigenvalue weighted by molar-refractivity contribution is 0.334. The van der Waals surface area contributed by atoms with Crippen LogP contribution in [0.4, 0.5) is 0 Å². The second-order valence-electron chi connectivity index (χ2n) is 5.70. The number of nitrogens with one attached hydrogen (secondary N) is 2. The molecule has 0 aromatic carbocycles. The van der Waals surface area contributed by atoms with Crippen molar-refractivity contribution >= 4 is 41.3 Å². The Morgan fingerprint density at radius 1 is 1.36 bits per heavy atom. The molecule has 1 atom stereocenters. The molecular weight excluding hydrogens is 407 g/mol. The summed E-state index contributed by atoms with van der Waals surface area (Å²) in [5.74, 6) is 1.44. The van der Waals surface area contributed by atoms with E-state index in [0.717, 1.165) is 19.0 Å². The monoisotopic (exact) mass is 436 g/mol. The third-order valence-electron chi connectivity index (χ3n) is 3.97. The van der Waals surface area contributed by atoms with Crippen molar-refractivity contribution in [3.8, 4) is 0 Å². The second-order valence-corrected chi connectivity index (χ2v) is 6.68. The number of aliphatic imine (C=N–C) groups is 1. The minimum atomic E-state index is 0. The van der Waals surface area contributed by atoms with Gasteiger partial charge in [-0.15, -0.1) is 35.3 Å². The van der Waals surface area contributed by atoms with Gasteiger partial charge in [0.1, 0.15) is 0 Å². The highest BCUT2D eigenvalue weighted by Gasteiger charge is 2.10. The van der Waals surface area contributed by atoms with Gasteiger partial charge in [0.05, 0.1) is 0 Å². The number of likely N-dealkylation sites (tertiary alicyclic amines) is 1. The van der Waals surface area contributed by atoms with Gasteiger partial charge in [0.15, 0.2) is 5.96 Å². The standard InChI is InChI=1S/C16H28N4S.HI/c1-14(15-7-5-12-21-15)13-19-16(17-2)18-8-6-11-20-9-3-4-10-20;/h5,7,12,14H,3-4,6,8-11,13H2,1-2H3,(H2,17,18,19);1H. The first-order valence-corrected chi connectivity index (χ1v) is 8.88. The van der Waals surface area contributed by atoms with Gasteiger partial charge in [-0.05, 0) is 50.3 Å². The Morgan fingerprint density at radius 2 is 2.14 bits per heavy atom. The van der Waals surface area contributed by atoms with Crippen molar-refractivity contribution in [2.75, 3.05) is 39.8 Å². The molecular formula is C16H29IN4S. The molecule has 1 aromatic heterocycles. The molecule has 0 radical (unpaired) electrons. The Labute approximate surface area is 155 Å². The van der Waals surface area contributed by atoms with Gasteiger partial charge in [-0.1, -0.05) is 13.0 Å². The van der Waals surface area contributed by atoms with Gasteiger partial charge in [-0.3, -0.25) is 4.99 Å². The van der Waals surface area contributed by atoms with Gasteiger partial charge in [0.25, 0.3) is 0 Å². The van der Waals surface area contributed by atoms with Gasteiger partial charge in [-0.2, -0.15) is 0 Å². The number of guanidine groups is 1. The van der Waals surface area contributed by atoms with Crippen molar-refractivity contribution in [3.63, 3.8) is 0 Å². The summed E-state index contributed by atoms with van der Waals surface area (Å²) in [6.45, 7) is 7.93. The molecule has 1 aliphatic rings. The highest BCUT2D eigenvalue weighted by molar-refractivity contribution is 14.0. The molecule has 4 nitrogen and oxygen atoms in total. The fourth-order valence-electron chi connectivity index (χ4n) is 2.66. The lowest BCUT2D eigenvalue weighted by Crippen LogP contribution is -2.40. The molecule has 0 spiro atoms. The van der Waals surface area contributed by atoms with Crippen molar-refractivity contribution in [1.82, 2.24) is 15.5 Å². The third kappa shape index (κ3) is 6.83. The maximum Gasteiger partial charge on any atom is 0.190 e. The number of hydrogen-bond donors (Lipinski definition) is 2. The highest BCUT2D eigenvalue weighted by Crippen LogP contribution is 2.19. The predicted octanol–water partition coefficient (Wildman–Crippen LogP) is 3.12. The van der Waals surface area contributed by atoms with E-state index in [0.29, 0.717) is 5.92 Å². The van der Waals surface area contributed by atoms with Crippen LogP contribution < -0.4 is 10.6 Å². The summed E-state index contributed by atoms with van der Waals surface area (Å²) in [4.78, 5) is 8.27. The van der Waals surface area contributed by atoms with Crippen molar-refractivity contribution < 1.29 is 0 Å². The van der Waals surface area contributed by atoms with E-state index in [4.69, 9.17) is 0 Å². The number of hydrogen-bond acceptors (Lipinski definition) is 3. The molecule has 0 aliphatic carbocycles. The molecule has 6 heteroatoms. The summed E-state index contributed by atoms with van der Waals surface area (Å²) in [6, 6.07) is 4.31. The number of nitrogens with zero attached hydrogens (tertiary/aromatic N) is 2. The predicted molar refractivity (Wildman–Crippen MR) is 108 cm³/mol. The van der Waals surface area contributed by atoms with Crippen LogP contribution in [-0.4, -0.2) is 50.6 Å². The van der Waals surface area contributed by atoms with Crippen LogP contribution in [-0.2, 0) is 0 Å². The molecule has 1 aromatic rings. The van der Waals surface area contributed by atoms with E-state index < -0.39 is 0 Å². The Balaban J connectivity index is 0.00000242. The van der Waals surface area contributed by atoms with E-state index in [9.17, 15) is 0 Å². The molecule has 22 heavy (non-hydrogen) atoms. The van der Waals surface area contributed by atoms with Crippen LogP contribution >= 0.6 is 35.3 Å². The van der Waals surface area contributed by atoms with E-state index in [-0.39, 0.29) is 24.0 Å². The highest BCUT2D eigenvalue weighted by atomic mass is 127. The van der Waals surface area contributed by atoms with E-state index in [1.807, 2.05) is 18.4 Å². The minimum absolute atomic E-state index is 0. The minimum Gasteiger partial charge on any atom is -0.356 e. The first-order valence-electron chi connectivity index (χ1n) is 8.00. The van der Waals surface area contributed by atoms with Crippen LogP contribution in [0.2, 0.25) is 0 Å². The summed E-state index contributed by atoms with van der Waals surface area (Å²) >= 11 is 1.82. The van der Waals surface area contributed by atoms with Crippen molar-refractivity contribution in [2.45, 2.75) is 32.1 Å². The van der Waals surface area contributed by atoms with Crippen LogP contribution in [0.1, 0.15) is 37.0 Å². The molecule has 0 amide bonds. The number of thiophene rings is 1. The Hall–Kier alpha value is -0.340. The van der Waals surface area contributed by atoms with Gasteiger partial charge in [0, 0.05) is 30.9 Å². The molecule has 1 aliphatic heterocycles. The molecule has 0 bridgehead atoms. The number of halogens is 1. The average Bonchev–Trinajstić information content (AvgIpc) is 3.19. The van der Waals surface area contributed by atoms with Crippen molar-refractivity contribution in [2.24, 2.45) is 4.99 Å². The fraction of sp³-hybridized carbons (Fsp3) is 0.688. The first kappa shape index (κ1) is 19.7. The summed E-state index contributed by atoms with van der Waals surface area (Å²) in [6.07, 6.45) is 3.93. The van der Waals surface area contributed by atoms with Gasteiger partial charge in [-0.25, -0.2) is 0 Å². The summed E-state index contributed by atoms with van der Waals surface area (Å²) in [5, 5.41) is 8.96. The topological polar surface area (TPSA) is 39.7 Å². The zero-order valence-electron chi connectivity index (χ0n) is 13.7. The second kappa shape index (κ2) is 11.2. The quantitative estimate of drug-likeness (QED) is 0.299. The maximum atomic E-state index is 4.29. The van der Waals surface area contributed by atoms with E-state index >= 15 is 0 Å². The van der Waals surface area contributed by atoms with E-state index in [2.05, 4.69) is 45.0 Å². The Bertz CT molecular complexity index is 416. The van der Waals surface area contributed by atoms with E-state index in [1.165, 1.54) is 43.8 Å². The van der Waals surface area contributed by atoms with E-state index in [1.54, 1.807) is 0 Å². The normalized spacial score (nSPS) is 17.1. The third-order valence-corrected chi connectivity index (χ3v) is 5.07. The van der Waals surface area contributed by atoms with Crippen LogP contribution in [0.25, 0.3) is 0 Å². The lowest BCUT2D eigenvalue weighted by atomic mass is 10.1. The zero-order valence-corrected chi connectivity index (χ0v) is 16.8. The SMILES string of the molecule is CN=C(NCCCN1CCCC1)NCC(C)c1cccs1.I. The van der Waals surface area contributed by atoms with Gasteiger partial charge < -0.3 is 15.5 Å². The Morgan fingerprint density at radius 3 is 2.77 bits per heavy atom. The lowest BCUT2D eigenvalue weighted by Gasteiger charge is -2.17. The summed E-state index contributed by atoms with van der Waals surface area (Å²) in [7, 11) is 1.84. The van der Waals surface area contributed by atoms with Crippen LogP contribution in [0, 0.1) is 0 Å². The van der Waals surface area contributed by atoms with Crippen LogP contribution in [0.5, 0.6) is 0 Å². The summed E-state index contributed by atoms with van der Waals surface area (Å²) < 4.78 is 0. The zero-order chi connectivity index (χ0) is 14.9. The number of rotatable bonds is 7. The van der Waals surface area contributed by atoms with Crippen molar-refractivity contribution in [1.29, 1.82) is 0 Å². The smallest absolute Gasteiger partial charge is 0.190 e. The Kier molecular flexibility index (Phi) is 10.1. The van der Waals surface area contributed by atoms with Crippen molar-refractivity contribution in [3.05, 3.63) is 22.4 Å². The molecule has 0 saturated carbocycles.